The Bertz CT molecular complexity index is 1020. The lowest BCUT2D eigenvalue weighted by atomic mass is 10.1. The van der Waals surface area contributed by atoms with E-state index in [4.69, 9.17) is 9.47 Å². The van der Waals surface area contributed by atoms with E-state index < -0.39 is 10.8 Å². The Hall–Kier alpha value is -3.46. The average molecular weight is 413 g/mol. The van der Waals surface area contributed by atoms with Gasteiger partial charge in [-0.05, 0) is 5.56 Å². The number of nitrogens with zero attached hydrogens (tertiary/aromatic N) is 2. The Labute approximate surface area is 171 Å². The molecular weight excluding hydrogens is 394 g/mol. The summed E-state index contributed by atoms with van der Waals surface area (Å²) in [5.41, 5.74) is 1.38. The number of nitrogens with one attached hydrogen (secondary N) is 1. The van der Waals surface area contributed by atoms with Gasteiger partial charge in [-0.2, -0.15) is 0 Å². The van der Waals surface area contributed by atoms with Crippen LogP contribution in [-0.4, -0.2) is 30.0 Å². The molecule has 0 atom stereocenters. The Kier molecular flexibility index (Phi) is 6.40. The zero-order valence-corrected chi connectivity index (χ0v) is 16.7. The Balaban J connectivity index is 1.72. The van der Waals surface area contributed by atoms with Crippen molar-refractivity contribution in [2.24, 2.45) is 0 Å². The lowest BCUT2D eigenvalue weighted by molar-refractivity contribution is -0.385. The van der Waals surface area contributed by atoms with E-state index in [9.17, 15) is 14.9 Å². The summed E-state index contributed by atoms with van der Waals surface area (Å²) < 4.78 is 10.2. The molecule has 0 aliphatic heterocycles. The Morgan fingerprint density at radius 3 is 2.52 bits per heavy atom. The molecule has 0 aliphatic rings. The third-order valence-corrected chi connectivity index (χ3v) is 5.07. The van der Waals surface area contributed by atoms with Gasteiger partial charge in [-0.25, -0.2) is 4.98 Å². The van der Waals surface area contributed by atoms with E-state index in [-0.39, 0.29) is 29.3 Å². The van der Waals surface area contributed by atoms with Gasteiger partial charge >= 0.3 is 0 Å². The molecule has 8 nitrogen and oxygen atoms in total. The van der Waals surface area contributed by atoms with Crippen LogP contribution in [0.3, 0.4) is 0 Å². The predicted octanol–water partition coefficient (Wildman–Crippen LogP) is 3.59. The Morgan fingerprint density at radius 1 is 1.17 bits per heavy atom. The second-order valence-electron chi connectivity index (χ2n) is 6.06. The van der Waals surface area contributed by atoms with Crippen LogP contribution in [0.2, 0.25) is 0 Å². The highest BCUT2D eigenvalue weighted by Crippen LogP contribution is 2.34. The summed E-state index contributed by atoms with van der Waals surface area (Å²) in [6.45, 7) is 0.162. The number of carbonyl (C=O) groups excluding carboxylic acids is 1. The molecule has 0 unspecified atom stereocenters. The first kappa shape index (κ1) is 20.3. The van der Waals surface area contributed by atoms with Crippen LogP contribution in [-0.2, 0) is 13.0 Å². The minimum atomic E-state index is -0.627. The number of thiazole rings is 1. The first-order valence-electron chi connectivity index (χ1n) is 8.67. The number of amides is 1. The second kappa shape index (κ2) is 9.16. The molecule has 1 N–H and O–H groups in total. The average Bonchev–Trinajstić information content (AvgIpc) is 3.18. The summed E-state index contributed by atoms with van der Waals surface area (Å²) in [6, 6.07) is 12.4. The molecule has 1 aromatic heterocycles. The molecule has 0 saturated heterocycles. The van der Waals surface area contributed by atoms with Crippen LogP contribution in [0.4, 0.5) is 5.69 Å². The highest BCUT2D eigenvalue weighted by atomic mass is 32.1. The standard InChI is InChI=1S/C20H19N3O5S/c1-27-17-9-15(16(23(25)26)10-18(17)28-2)20(24)21-11-14-12-29-19(22-14)8-13-6-4-3-5-7-13/h3-7,9-10,12H,8,11H2,1-2H3,(H,21,24). The number of nitro groups is 1. The van der Waals surface area contributed by atoms with E-state index in [0.29, 0.717) is 12.1 Å². The lowest BCUT2D eigenvalue weighted by Gasteiger charge is -2.10. The molecule has 150 valence electrons. The fourth-order valence-corrected chi connectivity index (χ4v) is 3.58. The van der Waals surface area contributed by atoms with Crippen LogP contribution >= 0.6 is 11.3 Å². The van der Waals surface area contributed by atoms with Crippen molar-refractivity contribution < 1.29 is 19.2 Å². The van der Waals surface area contributed by atoms with Crippen LogP contribution in [0.25, 0.3) is 0 Å². The maximum absolute atomic E-state index is 12.6. The van der Waals surface area contributed by atoms with Crippen molar-refractivity contribution in [2.75, 3.05) is 14.2 Å². The number of nitro benzene ring substituents is 1. The van der Waals surface area contributed by atoms with Crippen molar-refractivity contribution in [1.29, 1.82) is 0 Å². The lowest BCUT2D eigenvalue weighted by Crippen LogP contribution is -2.24. The zero-order chi connectivity index (χ0) is 20.8. The molecule has 29 heavy (non-hydrogen) atoms. The molecule has 0 fully saturated rings. The van der Waals surface area contributed by atoms with E-state index in [1.807, 2.05) is 35.7 Å². The quantitative estimate of drug-likeness (QED) is 0.447. The third kappa shape index (κ3) is 4.88. The molecule has 0 saturated carbocycles. The Morgan fingerprint density at radius 2 is 1.86 bits per heavy atom. The maximum atomic E-state index is 12.6. The fraction of sp³-hybridized carbons (Fsp3) is 0.200. The van der Waals surface area contributed by atoms with Gasteiger partial charge in [0.05, 0.1) is 42.5 Å². The van der Waals surface area contributed by atoms with Crippen molar-refractivity contribution >= 4 is 22.9 Å². The van der Waals surface area contributed by atoms with Gasteiger partial charge in [0.1, 0.15) is 5.56 Å². The maximum Gasteiger partial charge on any atom is 0.286 e. The number of hydrogen-bond donors (Lipinski definition) is 1. The van der Waals surface area contributed by atoms with Gasteiger partial charge in [0, 0.05) is 17.9 Å². The minimum Gasteiger partial charge on any atom is -0.493 e. The van der Waals surface area contributed by atoms with Crippen molar-refractivity contribution in [2.45, 2.75) is 13.0 Å². The van der Waals surface area contributed by atoms with E-state index in [1.54, 1.807) is 0 Å². The highest BCUT2D eigenvalue weighted by molar-refractivity contribution is 7.09. The number of methoxy groups -OCH3 is 2. The summed E-state index contributed by atoms with van der Waals surface area (Å²) in [7, 11) is 2.77. The van der Waals surface area contributed by atoms with Crippen LogP contribution in [0.5, 0.6) is 11.5 Å². The first-order valence-corrected chi connectivity index (χ1v) is 9.55. The van der Waals surface area contributed by atoms with E-state index >= 15 is 0 Å². The molecule has 2 aromatic carbocycles. The van der Waals surface area contributed by atoms with Gasteiger partial charge in [-0.15, -0.1) is 11.3 Å². The van der Waals surface area contributed by atoms with E-state index in [1.165, 1.54) is 37.7 Å². The van der Waals surface area contributed by atoms with Crippen molar-refractivity contribution in [3.63, 3.8) is 0 Å². The number of hydrogen-bond acceptors (Lipinski definition) is 7. The molecule has 0 spiro atoms. The molecule has 0 aliphatic carbocycles. The number of carbonyl (C=O) groups is 1. The smallest absolute Gasteiger partial charge is 0.286 e. The van der Waals surface area contributed by atoms with Crippen LogP contribution in [0, 0.1) is 10.1 Å². The SMILES string of the molecule is COc1cc(C(=O)NCc2csc(Cc3ccccc3)n2)c([N+](=O)[O-])cc1OC. The number of ether oxygens (including phenoxy) is 2. The van der Waals surface area contributed by atoms with Gasteiger partial charge < -0.3 is 14.8 Å². The van der Waals surface area contributed by atoms with E-state index in [0.717, 1.165) is 10.6 Å². The molecular formula is C20H19N3O5S. The molecule has 1 heterocycles. The molecule has 0 bridgehead atoms. The summed E-state index contributed by atoms with van der Waals surface area (Å²) in [5, 5.41) is 16.8. The largest absolute Gasteiger partial charge is 0.493 e. The van der Waals surface area contributed by atoms with Gasteiger partial charge in [-0.3, -0.25) is 14.9 Å². The fourth-order valence-electron chi connectivity index (χ4n) is 2.75. The van der Waals surface area contributed by atoms with Gasteiger partial charge in [0.25, 0.3) is 11.6 Å². The van der Waals surface area contributed by atoms with E-state index in [2.05, 4.69) is 10.3 Å². The zero-order valence-electron chi connectivity index (χ0n) is 15.9. The van der Waals surface area contributed by atoms with Gasteiger partial charge in [0.15, 0.2) is 11.5 Å². The summed E-state index contributed by atoms with van der Waals surface area (Å²) in [6.07, 6.45) is 0.709. The summed E-state index contributed by atoms with van der Waals surface area (Å²) >= 11 is 1.50. The van der Waals surface area contributed by atoms with Crippen molar-refractivity contribution in [1.82, 2.24) is 10.3 Å². The monoisotopic (exact) mass is 413 g/mol. The first-order chi connectivity index (χ1) is 14.0. The minimum absolute atomic E-state index is 0.104. The summed E-state index contributed by atoms with van der Waals surface area (Å²) in [5.74, 6) is -0.168. The molecule has 1 amide bonds. The third-order valence-electron chi connectivity index (χ3n) is 4.17. The molecule has 3 aromatic rings. The van der Waals surface area contributed by atoms with Crippen LogP contribution in [0.15, 0.2) is 47.8 Å². The summed E-state index contributed by atoms with van der Waals surface area (Å²) in [4.78, 5) is 27.8. The molecule has 9 heteroatoms. The van der Waals surface area contributed by atoms with Gasteiger partial charge in [0.2, 0.25) is 0 Å². The molecule has 3 rings (SSSR count). The molecule has 0 radical (unpaired) electrons. The van der Waals surface area contributed by atoms with Gasteiger partial charge in [-0.1, -0.05) is 30.3 Å². The second-order valence-corrected chi connectivity index (χ2v) is 7.00. The number of benzene rings is 2. The van der Waals surface area contributed by atoms with Crippen LogP contribution < -0.4 is 14.8 Å². The van der Waals surface area contributed by atoms with Crippen LogP contribution in [0.1, 0.15) is 26.6 Å². The number of aromatic nitrogens is 1. The van der Waals surface area contributed by atoms with Crippen molar-refractivity contribution in [3.05, 3.63) is 79.8 Å². The van der Waals surface area contributed by atoms with Crippen molar-refractivity contribution in [3.8, 4) is 11.5 Å². The normalized spacial score (nSPS) is 10.4. The highest BCUT2D eigenvalue weighted by Gasteiger charge is 2.24. The topological polar surface area (TPSA) is 104 Å². The predicted molar refractivity (Wildman–Crippen MR) is 109 cm³/mol. The number of rotatable bonds is 8.